The normalized spacial score (nSPS) is 11.9. The van der Waals surface area contributed by atoms with Crippen LogP contribution in [0.25, 0.3) is 87.7 Å². The van der Waals surface area contributed by atoms with E-state index in [2.05, 4.69) is 181 Å². The number of para-hydroxylation sites is 5. The van der Waals surface area contributed by atoms with E-state index in [4.69, 9.17) is 13.3 Å². The predicted molar refractivity (Wildman–Crippen MR) is 270 cm³/mol. The molecular weight excluding hydrogens is 816 g/mol. The Labute approximate surface area is 378 Å². The van der Waals surface area contributed by atoms with E-state index < -0.39 is 0 Å². The molecule has 66 heavy (non-hydrogen) atoms. The van der Waals surface area contributed by atoms with Crippen LogP contribution in [-0.4, -0.2) is 0 Å². The van der Waals surface area contributed by atoms with E-state index in [1.807, 2.05) is 30.3 Å². The van der Waals surface area contributed by atoms with Crippen molar-refractivity contribution in [3.05, 3.63) is 217 Å². The van der Waals surface area contributed by atoms with Crippen LogP contribution in [0.3, 0.4) is 0 Å². The highest BCUT2D eigenvalue weighted by Gasteiger charge is 2.32. The molecule has 0 amide bonds. The monoisotopic (exact) mass is 854 g/mol. The SMILES string of the molecule is Cc1cccc2c1oc1c(N(c3ccc(F)cc3)c3c4ccccc4c(N(c4ccc(-c5ccccc5)cc4)c4cccc5c4oc4c(C)cccc45)c4c3oc3ccccc34)cccc12. The number of nitrogens with zero attached hydrogens (tertiary/aromatic N) is 2. The number of rotatable bonds is 7. The minimum Gasteiger partial charge on any atom is -0.454 e. The summed E-state index contributed by atoms with van der Waals surface area (Å²) in [5.74, 6) is -0.325. The molecule has 5 nitrogen and oxygen atoms in total. The van der Waals surface area contributed by atoms with Crippen LogP contribution in [0.4, 0.5) is 38.5 Å². The van der Waals surface area contributed by atoms with Crippen molar-refractivity contribution in [2.45, 2.75) is 13.8 Å². The summed E-state index contributed by atoms with van der Waals surface area (Å²) in [4.78, 5) is 4.52. The molecular formula is C60H39FN2O3. The van der Waals surface area contributed by atoms with Gasteiger partial charge >= 0.3 is 0 Å². The summed E-state index contributed by atoms with van der Waals surface area (Å²) in [7, 11) is 0. The zero-order chi connectivity index (χ0) is 44.0. The molecule has 3 aromatic heterocycles. The Bertz CT molecular complexity index is 4030. The maximum absolute atomic E-state index is 15.0. The molecule has 0 N–H and O–H groups in total. The molecule has 13 aromatic rings. The molecule has 6 heteroatoms. The summed E-state index contributed by atoms with van der Waals surface area (Å²) in [6, 6.07) is 67.8. The van der Waals surface area contributed by atoms with Gasteiger partial charge in [0.1, 0.15) is 22.6 Å². The molecule has 13 rings (SSSR count). The summed E-state index contributed by atoms with van der Waals surface area (Å²) in [6.07, 6.45) is 0. The van der Waals surface area contributed by atoms with Gasteiger partial charge in [-0.15, -0.1) is 0 Å². The van der Waals surface area contributed by atoms with E-state index in [0.29, 0.717) is 5.58 Å². The van der Waals surface area contributed by atoms with Gasteiger partial charge in [-0.3, -0.25) is 0 Å². The number of fused-ring (bicyclic) bond motifs is 10. The van der Waals surface area contributed by atoms with Crippen LogP contribution in [0.2, 0.25) is 0 Å². The molecule has 0 fully saturated rings. The van der Waals surface area contributed by atoms with Crippen molar-refractivity contribution in [3.8, 4) is 11.1 Å². The van der Waals surface area contributed by atoms with Gasteiger partial charge in [0.25, 0.3) is 0 Å². The fraction of sp³-hybridized carbons (Fsp3) is 0.0333. The van der Waals surface area contributed by atoms with Gasteiger partial charge in [0.05, 0.1) is 28.1 Å². The van der Waals surface area contributed by atoms with E-state index >= 15 is 0 Å². The van der Waals surface area contributed by atoms with Crippen molar-refractivity contribution in [2.75, 3.05) is 9.80 Å². The van der Waals surface area contributed by atoms with Gasteiger partial charge in [-0.1, -0.05) is 146 Å². The van der Waals surface area contributed by atoms with Gasteiger partial charge < -0.3 is 23.1 Å². The van der Waals surface area contributed by atoms with Crippen molar-refractivity contribution in [3.63, 3.8) is 0 Å². The fourth-order valence-electron chi connectivity index (χ4n) is 10.1. The fourth-order valence-corrected chi connectivity index (χ4v) is 10.1. The van der Waals surface area contributed by atoms with Crippen LogP contribution in [0.5, 0.6) is 0 Å². The third kappa shape index (κ3) is 5.71. The molecule has 314 valence electrons. The maximum Gasteiger partial charge on any atom is 0.162 e. The van der Waals surface area contributed by atoms with Crippen LogP contribution in [0, 0.1) is 19.7 Å². The molecule has 0 aliphatic heterocycles. The number of hydrogen-bond acceptors (Lipinski definition) is 5. The van der Waals surface area contributed by atoms with Gasteiger partial charge in [0, 0.05) is 49.1 Å². The first-order chi connectivity index (χ1) is 32.5. The standard InChI is InChI=1S/C60H39FN2O3/c1-36-14-10-21-45-47-23-12-25-50(58(47)65-56(36)45)62(41-32-28-39(29-33-41)38-16-4-3-5-17-38)54-43-18-6-7-19-44(43)55(60-53(54)49-20-8-9-27-52(49)64-60)63(42-34-30-40(61)31-35-42)51-26-13-24-48-46-22-11-15-37(2)57(46)66-59(48)51/h3-35H,1-2H3. The average molecular weight is 855 g/mol. The molecule has 3 heterocycles. The molecule has 0 spiro atoms. The maximum atomic E-state index is 15.0. The third-order valence-corrected chi connectivity index (χ3v) is 13.1. The number of hydrogen-bond donors (Lipinski definition) is 0. The molecule has 0 atom stereocenters. The highest BCUT2D eigenvalue weighted by atomic mass is 19.1. The number of furan rings is 3. The van der Waals surface area contributed by atoms with Crippen LogP contribution in [0.15, 0.2) is 213 Å². The summed E-state index contributed by atoms with van der Waals surface area (Å²) < 4.78 is 36.0. The van der Waals surface area contributed by atoms with Crippen molar-refractivity contribution < 1.29 is 17.6 Å². The Hall–Kier alpha value is -8.61. The van der Waals surface area contributed by atoms with E-state index in [-0.39, 0.29) is 5.82 Å². The zero-order valence-electron chi connectivity index (χ0n) is 36.0. The second kappa shape index (κ2) is 14.7. The lowest BCUT2D eigenvalue weighted by molar-refractivity contribution is 0.628. The topological polar surface area (TPSA) is 45.9 Å². The molecule has 0 saturated heterocycles. The Morgan fingerprint density at radius 1 is 0.333 bits per heavy atom. The summed E-state index contributed by atoms with van der Waals surface area (Å²) in [6.45, 7) is 4.16. The first-order valence-corrected chi connectivity index (χ1v) is 22.2. The van der Waals surface area contributed by atoms with E-state index in [0.717, 1.165) is 127 Å². The lowest BCUT2D eigenvalue weighted by Gasteiger charge is -2.31. The van der Waals surface area contributed by atoms with Crippen LogP contribution in [0.1, 0.15) is 11.1 Å². The van der Waals surface area contributed by atoms with Crippen molar-refractivity contribution in [1.29, 1.82) is 0 Å². The van der Waals surface area contributed by atoms with E-state index in [1.165, 1.54) is 12.1 Å². The first-order valence-electron chi connectivity index (χ1n) is 22.2. The molecule has 0 radical (unpaired) electrons. The van der Waals surface area contributed by atoms with Crippen LogP contribution < -0.4 is 9.80 Å². The van der Waals surface area contributed by atoms with Gasteiger partial charge in [0.15, 0.2) is 16.7 Å². The number of benzene rings is 10. The Kier molecular flexibility index (Phi) is 8.46. The van der Waals surface area contributed by atoms with E-state index in [9.17, 15) is 4.39 Å². The molecule has 0 aliphatic rings. The molecule has 10 aromatic carbocycles. The molecule has 0 saturated carbocycles. The third-order valence-electron chi connectivity index (χ3n) is 13.1. The van der Waals surface area contributed by atoms with Crippen LogP contribution in [-0.2, 0) is 0 Å². The largest absolute Gasteiger partial charge is 0.454 e. The van der Waals surface area contributed by atoms with Crippen LogP contribution >= 0.6 is 0 Å². The highest BCUT2D eigenvalue weighted by molar-refractivity contribution is 6.29. The van der Waals surface area contributed by atoms with Crippen molar-refractivity contribution in [1.82, 2.24) is 0 Å². The number of aryl methyl sites for hydroxylation is 2. The summed E-state index contributed by atoms with van der Waals surface area (Å²) in [5.41, 5.74) is 14.1. The van der Waals surface area contributed by atoms with Gasteiger partial charge in [-0.25, -0.2) is 4.39 Å². The van der Waals surface area contributed by atoms with Crippen molar-refractivity contribution in [2.24, 2.45) is 0 Å². The minimum atomic E-state index is -0.325. The van der Waals surface area contributed by atoms with E-state index in [1.54, 1.807) is 0 Å². The lowest BCUT2D eigenvalue weighted by atomic mass is 9.97. The predicted octanol–water partition coefficient (Wildman–Crippen LogP) is 17.9. The molecule has 0 bridgehead atoms. The quantitative estimate of drug-likeness (QED) is 0.149. The van der Waals surface area contributed by atoms with Gasteiger partial charge in [0.2, 0.25) is 0 Å². The summed E-state index contributed by atoms with van der Waals surface area (Å²) >= 11 is 0. The minimum absolute atomic E-state index is 0.325. The second-order valence-corrected chi connectivity index (χ2v) is 17.0. The Morgan fingerprint density at radius 2 is 0.773 bits per heavy atom. The van der Waals surface area contributed by atoms with Gasteiger partial charge in [-0.2, -0.15) is 0 Å². The molecule has 0 aliphatic carbocycles. The highest BCUT2D eigenvalue weighted by Crippen LogP contribution is 2.55. The zero-order valence-corrected chi connectivity index (χ0v) is 36.0. The summed E-state index contributed by atoms with van der Waals surface area (Å²) in [5, 5.41) is 7.87. The smallest absolute Gasteiger partial charge is 0.162 e. The number of halogens is 1. The first kappa shape index (κ1) is 37.9. The molecule has 0 unspecified atom stereocenters. The Morgan fingerprint density at radius 3 is 1.36 bits per heavy atom. The van der Waals surface area contributed by atoms with Crippen molar-refractivity contribution >= 4 is 111 Å². The second-order valence-electron chi connectivity index (χ2n) is 17.0. The average Bonchev–Trinajstić information content (AvgIpc) is 4.07. The lowest BCUT2D eigenvalue weighted by Crippen LogP contribution is -2.14. The Balaban J connectivity index is 1.18. The number of anilines is 6. The van der Waals surface area contributed by atoms with Gasteiger partial charge in [-0.05, 0) is 90.7 Å².